The first-order valence-electron chi connectivity index (χ1n) is 3.11. The van der Waals surface area contributed by atoms with E-state index in [1.807, 2.05) is 18.4 Å². The zero-order valence-electron chi connectivity index (χ0n) is 5.35. The molecule has 0 unspecified atom stereocenters. The third-order valence-corrected chi connectivity index (χ3v) is 1.43. The fraction of sp³-hybridized carbons (Fsp3) is 0.143. The maximum Gasteiger partial charge on any atom is 0.217 e. The van der Waals surface area contributed by atoms with E-state index in [9.17, 15) is 0 Å². The lowest BCUT2D eigenvalue weighted by atomic mass is 10.1. The number of dihydropyridines is 1. The van der Waals surface area contributed by atoms with Gasteiger partial charge < -0.3 is 10.2 Å². The summed E-state index contributed by atoms with van der Waals surface area (Å²) in [6.07, 6.45) is 8.52. The Morgan fingerprint density at radius 3 is 3.50 bits per heavy atom. The van der Waals surface area contributed by atoms with Crippen LogP contribution in [0, 0.1) is 6.26 Å². The molecule has 0 fully saturated rings. The monoisotopic (exact) mass is 135 g/mol. The van der Waals surface area contributed by atoms with Gasteiger partial charge in [-0.15, -0.1) is 0 Å². The van der Waals surface area contributed by atoms with E-state index in [-0.39, 0.29) is 0 Å². The zero-order valence-corrected chi connectivity index (χ0v) is 5.35. The van der Waals surface area contributed by atoms with E-state index < -0.39 is 0 Å². The Balaban J connectivity index is 2.32. The van der Waals surface area contributed by atoms with Crippen molar-refractivity contribution in [2.45, 2.75) is 0 Å². The summed E-state index contributed by atoms with van der Waals surface area (Å²) in [5, 5.41) is 3.01. The summed E-state index contributed by atoms with van der Waals surface area (Å²) in [6.45, 7) is 0.736. The van der Waals surface area contributed by atoms with Crippen molar-refractivity contribution in [2.24, 2.45) is 0 Å². The maximum atomic E-state index is 4.76. The molecule has 0 aromatic heterocycles. The number of hydrogen-bond donors (Lipinski definition) is 2. The van der Waals surface area contributed by atoms with Crippen molar-refractivity contribution in [1.82, 2.24) is 10.8 Å². The molecule has 2 rings (SSSR count). The van der Waals surface area contributed by atoms with Gasteiger partial charge in [-0.3, -0.25) is 0 Å². The Morgan fingerprint density at radius 1 is 1.60 bits per heavy atom. The summed E-state index contributed by atoms with van der Waals surface area (Å²) in [5.74, 6) is 0. The van der Waals surface area contributed by atoms with Crippen molar-refractivity contribution >= 4 is 0 Å². The number of fused-ring (bicyclic) bond motifs is 1. The average Bonchev–Trinajstić information content (AvgIpc) is 2.05. The molecule has 0 amide bonds. The van der Waals surface area contributed by atoms with Crippen LogP contribution in [-0.4, -0.2) is 6.54 Å². The third-order valence-electron chi connectivity index (χ3n) is 1.43. The van der Waals surface area contributed by atoms with Gasteiger partial charge in [0.15, 0.2) is 0 Å². The number of hydroxylamine groups is 1. The Kier molecular flexibility index (Phi) is 1.22. The van der Waals surface area contributed by atoms with Gasteiger partial charge in [0.25, 0.3) is 0 Å². The SMILES string of the molecule is [C]1=C2NC=CC=C2CNO1. The van der Waals surface area contributed by atoms with E-state index in [1.54, 1.807) is 0 Å². The summed E-state index contributed by atoms with van der Waals surface area (Å²) < 4.78 is 0. The van der Waals surface area contributed by atoms with Gasteiger partial charge in [-0.05, 0) is 11.6 Å². The first-order valence-corrected chi connectivity index (χ1v) is 3.11. The predicted molar refractivity (Wildman–Crippen MR) is 36.2 cm³/mol. The van der Waals surface area contributed by atoms with Crippen LogP contribution in [0.25, 0.3) is 0 Å². The minimum absolute atomic E-state index is 0.736. The second-order valence-electron chi connectivity index (χ2n) is 2.10. The summed E-state index contributed by atoms with van der Waals surface area (Å²) >= 11 is 0. The molecular weight excluding hydrogens is 128 g/mol. The molecule has 2 aliphatic rings. The van der Waals surface area contributed by atoms with Crippen molar-refractivity contribution in [3.05, 3.63) is 35.9 Å². The lowest BCUT2D eigenvalue weighted by molar-refractivity contribution is 0.113. The van der Waals surface area contributed by atoms with Crippen molar-refractivity contribution < 1.29 is 4.84 Å². The van der Waals surface area contributed by atoms with Crippen LogP contribution in [0.4, 0.5) is 0 Å². The number of rotatable bonds is 0. The highest BCUT2D eigenvalue weighted by molar-refractivity contribution is 5.36. The van der Waals surface area contributed by atoms with Crippen molar-refractivity contribution in [1.29, 1.82) is 0 Å². The summed E-state index contributed by atoms with van der Waals surface area (Å²) in [5.41, 5.74) is 4.80. The molecule has 0 aromatic carbocycles. The molecule has 3 nitrogen and oxygen atoms in total. The Labute approximate surface area is 59.0 Å². The van der Waals surface area contributed by atoms with Gasteiger partial charge in [0.05, 0.1) is 12.2 Å². The number of allylic oxidation sites excluding steroid dienone is 2. The minimum Gasteiger partial charge on any atom is -0.402 e. The summed E-state index contributed by atoms with van der Waals surface area (Å²) in [6, 6.07) is 0. The fourth-order valence-corrected chi connectivity index (χ4v) is 0.915. The molecule has 51 valence electrons. The first kappa shape index (κ1) is 5.56. The fourth-order valence-electron chi connectivity index (χ4n) is 0.915. The quantitative estimate of drug-likeness (QED) is 0.498. The summed E-state index contributed by atoms with van der Waals surface area (Å²) in [7, 11) is 0. The second kappa shape index (κ2) is 2.19. The highest BCUT2D eigenvalue weighted by Gasteiger charge is 2.11. The van der Waals surface area contributed by atoms with Gasteiger partial charge in [0.1, 0.15) is 0 Å². The smallest absolute Gasteiger partial charge is 0.217 e. The van der Waals surface area contributed by atoms with E-state index in [1.165, 1.54) is 5.57 Å². The molecular formula is C7H7N2O. The minimum atomic E-state index is 0.736. The van der Waals surface area contributed by atoms with Gasteiger partial charge >= 0.3 is 0 Å². The van der Waals surface area contributed by atoms with E-state index in [4.69, 9.17) is 4.84 Å². The Morgan fingerprint density at radius 2 is 2.60 bits per heavy atom. The van der Waals surface area contributed by atoms with E-state index in [2.05, 4.69) is 17.1 Å². The van der Waals surface area contributed by atoms with Crippen LogP contribution >= 0.6 is 0 Å². The van der Waals surface area contributed by atoms with Crippen LogP contribution in [-0.2, 0) is 4.84 Å². The zero-order chi connectivity index (χ0) is 6.81. The molecule has 10 heavy (non-hydrogen) atoms. The highest BCUT2D eigenvalue weighted by Crippen LogP contribution is 2.12. The first-order chi connectivity index (χ1) is 4.97. The van der Waals surface area contributed by atoms with Gasteiger partial charge in [-0.2, -0.15) is 5.48 Å². The van der Waals surface area contributed by atoms with Gasteiger partial charge in [-0.25, -0.2) is 0 Å². The lowest BCUT2D eigenvalue weighted by Crippen LogP contribution is -2.27. The molecule has 2 N–H and O–H groups in total. The molecule has 0 atom stereocenters. The standard InChI is InChI=1S/C7H7N2O/c1-2-6-4-9-10-5-7(6)8-3-1/h1-3,8-9H,4H2. The lowest BCUT2D eigenvalue weighted by Gasteiger charge is -2.18. The molecule has 1 radical (unpaired) electrons. The van der Waals surface area contributed by atoms with Gasteiger partial charge in [-0.1, -0.05) is 6.08 Å². The van der Waals surface area contributed by atoms with E-state index in [0.29, 0.717) is 0 Å². The normalized spacial score (nSPS) is 21.6. The third kappa shape index (κ3) is 0.804. The molecule has 2 heterocycles. The van der Waals surface area contributed by atoms with Crippen molar-refractivity contribution in [3.63, 3.8) is 0 Å². The number of hydrogen-bond acceptors (Lipinski definition) is 3. The highest BCUT2D eigenvalue weighted by atomic mass is 16.6. The van der Waals surface area contributed by atoms with Crippen LogP contribution in [0.5, 0.6) is 0 Å². The molecule has 0 bridgehead atoms. The van der Waals surface area contributed by atoms with Crippen LogP contribution < -0.4 is 10.8 Å². The molecule has 2 aliphatic heterocycles. The topological polar surface area (TPSA) is 33.3 Å². The molecule has 0 spiro atoms. The molecule has 0 aliphatic carbocycles. The van der Waals surface area contributed by atoms with Crippen LogP contribution in [0.2, 0.25) is 0 Å². The van der Waals surface area contributed by atoms with Gasteiger partial charge in [0, 0.05) is 6.20 Å². The molecule has 0 saturated carbocycles. The largest absolute Gasteiger partial charge is 0.402 e. The maximum absolute atomic E-state index is 4.76. The van der Waals surface area contributed by atoms with Crippen molar-refractivity contribution in [3.8, 4) is 0 Å². The van der Waals surface area contributed by atoms with Crippen LogP contribution in [0.3, 0.4) is 0 Å². The number of nitrogens with one attached hydrogen (secondary N) is 2. The molecule has 3 heteroatoms. The predicted octanol–water partition coefficient (Wildman–Crippen LogP) is 0.209. The van der Waals surface area contributed by atoms with Gasteiger partial charge in [0.2, 0.25) is 6.26 Å². The summed E-state index contributed by atoms with van der Waals surface area (Å²) in [4.78, 5) is 4.76. The second-order valence-corrected chi connectivity index (χ2v) is 2.10. The van der Waals surface area contributed by atoms with Crippen molar-refractivity contribution in [2.75, 3.05) is 6.54 Å². The molecule has 0 saturated heterocycles. The Bertz CT molecular complexity index is 228. The average molecular weight is 135 g/mol. The van der Waals surface area contributed by atoms with E-state index in [0.717, 1.165) is 12.2 Å². The van der Waals surface area contributed by atoms with Crippen LogP contribution in [0.15, 0.2) is 29.6 Å². The molecule has 0 aromatic rings. The Hall–Kier alpha value is -1.22. The van der Waals surface area contributed by atoms with E-state index >= 15 is 0 Å². The van der Waals surface area contributed by atoms with Crippen LogP contribution in [0.1, 0.15) is 0 Å².